The lowest BCUT2D eigenvalue weighted by atomic mass is 10.1. The molecule has 0 spiro atoms. The molecular weight excluding hydrogens is 424 g/mol. The van der Waals surface area contributed by atoms with E-state index in [0.717, 1.165) is 12.1 Å². The van der Waals surface area contributed by atoms with Crippen LogP contribution in [0.25, 0.3) is 0 Å². The van der Waals surface area contributed by atoms with Gasteiger partial charge in [-0.05, 0) is 36.4 Å². The molecule has 0 saturated carbocycles. The Morgan fingerprint density at radius 3 is 2.45 bits per heavy atom. The number of sulfonamides is 1. The fourth-order valence-corrected chi connectivity index (χ4v) is 4.93. The zero-order valence-corrected chi connectivity index (χ0v) is 16.5. The number of carboxylic acid groups (broad SMARTS) is 1. The van der Waals surface area contributed by atoms with Gasteiger partial charge in [-0.1, -0.05) is 18.5 Å². The van der Waals surface area contributed by atoms with Crippen molar-refractivity contribution in [1.29, 1.82) is 0 Å². The number of phenolic OH excluding ortho intramolecular Hbond substituents is 1. The molecule has 9 nitrogen and oxygen atoms in total. The van der Waals surface area contributed by atoms with Crippen LogP contribution in [0.4, 0.5) is 11.4 Å². The van der Waals surface area contributed by atoms with Gasteiger partial charge in [0.25, 0.3) is 5.91 Å². The van der Waals surface area contributed by atoms with E-state index in [1.54, 1.807) is 0 Å². The second kappa shape index (κ2) is 7.37. The summed E-state index contributed by atoms with van der Waals surface area (Å²) in [5.74, 6) is -3.94. The normalized spacial score (nSPS) is 17.9. The first-order valence-electron chi connectivity index (χ1n) is 8.25. The first-order chi connectivity index (χ1) is 13.5. The molecule has 3 N–H and O–H groups in total. The summed E-state index contributed by atoms with van der Waals surface area (Å²) in [6.45, 7) is 1.50. The summed E-state index contributed by atoms with van der Waals surface area (Å²) in [5.41, 5.74) is -0.336. The molecule has 1 aliphatic rings. The average molecular weight is 439 g/mol. The van der Waals surface area contributed by atoms with Crippen LogP contribution in [0.15, 0.2) is 36.4 Å². The number of rotatable bonds is 4. The molecular formula is C18H15ClN2O7S. The minimum absolute atomic E-state index is 0.0108. The first kappa shape index (κ1) is 20.6. The number of aromatic hydroxyl groups is 1. The predicted molar refractivity (Wildman–Crippen MR) is 105 cm³/mol. The molecule has 0 aromatic heterocycles. The molecule has 0 radical (unpaired) electrons. The monoisotopic (exact) mass is 438 g/mol. The van der Waals surface area contributed by atoms with E-state index in [0.29, 0.717) is 4.31 Å². The van der Waals surface area contributed by atoms with Gasteiger partial charge >= 0.3 is 5.97 Å². The number of nitrogens with one attached hydrogen (secondary N) is 1. The predicted octanol–water partition coefficient (Wildman–Crippen LogP) is 2.31. The Bertz CT molecular complexity index is 1150. The summed E-state index contributed by atoms with van der Waals surface area (Å²) in [6, 6.07) is 7.04. The highest BCUT2D eigenvalue weighted by Crippen LogP contribution is 2.32. The molecule has 2 amide bonds. The van der Waals surface area contributed by atoms with Crippen molar-refractivity contribution >= 4 is 50.8 Å². The zero-order chi connectivity index (χ0) is 21.5. The van der Waals surface area contributed by atoms with Crippen LogP contribution in [0.1, 0.15) is 27.6 Å². The highest BCUT2D eigenvalue weighted by molar-refractivity contribution is 7.94. The third-order valence-electron chi connectivity index (χ3n) is 4.28. The number of hydrogen-bond acceptors (Lipinski definition) is 6. The minimum Gasteiger partial charge on any atom is -0.506 e. The number of benzene rings is 2. The maximum absolute atomic E-state index is 12.5. The summed E-state index contributed by atoms with van der Waals surface area (Å²) >= 11 is 6.12. The van der Waals surface area contributed by atoms with Gasteiger partial charge in [-0.25, -0.2) is 17.5 Å². The fourth-order valence-electron chi connectivity index (χ4n) is 2.86. The van der Waals surface area contributed by atoms with Gasteiger partial charge in [0.05, 0.1) is 39.2 Å². The molecule has 1 fully saturated rings. The van der Waals surface area contributed by atoms with Gasteiger partial charge in [0.1, 0.15) is 5.75 Å². The third-order valence-corrected chi connectivity index (χ3v) is 6.47. The van der Waals surface area contributed by atoms with Crippen molar-refractivity contribution in [2.45, 2.75) is 6.92 Å². The molecule has 1 atom stereocenters. The molecule has 3 rings (SSSR count). The number of anilines is 2. The standard InChI is InChI=1S/C18H15ClN2O7S/c1-9-8-29(27,28)21(17(9)24)11-3-4-12(13(19)7-11)16(23)20-14-6-10(18(25)26)2-5-15(14)22/h2-7,9,22H,8H2,1H3,(H,20,23)(H,25,26). The quantitative estimate of drug-likeness (QED) is 0.622. The van der Waals surface area contributed by atoms with E-state index in [1.807, 2.05) is 0 Å². The van der Waals surface area contributed by atoms with Crippen molar-refractivity contribution in [3.8, 4) is 5.75 Å². The van der Waals surface area contributed by atoms with E-state index in [-0.39, 0.29) is 39.0 Å². The van der Waals surface area contributed by atoms with Crippen LogP contribution in [-0.2, 0) is 14.8 Å². The number of phenols is 1. The Morgan fingerprint density at radius 2 is 1.90 bits per heavy atom. The molecule has 0 bridgehead atoms. The van der Waals surface area contributed by atoms with Gasteiger partial charge in [-0.2, -0.15) is 0 Å². The number of amides is 2. The first-order valence-corrected chi connectivity index (χ1v) is 10.2. The molecule has 1 heterocycles. The lowest BCUT2D eigenvalue weighted by Gasteiger charge is -2.16. The number of carbonyl (C=O) groups is 3. The van der Waals surface area contributed by atoms with Crippen molar-refractivity contribution < 1.29 is 33.0 Å². The summed E-state index contributed by atoms with van der Waals surface area (Å²) in [7, 11) is -3.82. The minimum atomic E-state index is -3.82. The fraction of sp³-hybridized carbons (Fsp3) is 0.167. The zero-order valence-electron chi connectivity index (χ0n) is 14.9. The Balaban J connectivity index is 1.90. The maximum atomic E-state index is 12.5. The molecule has 2 aromatic rings. The van der Waals surface area contributed by atoms with E-state index in [1.165, 1.54) is 31.2 Å². The van der Waals surface area contributed by atoms with E-state index in [9.17, 15) is 27.9 Å². The van der Waals surface area contributed by atoms with Gasteiger partial charge in [0, 0.05) is 0 Å². The van der Waals surface area contributed by atoms with Crippen LogP contribution in [0.5, 0.6) is 5.75 Å². The van der Waals surface area contributed by atoms with Crippen LogP contribution >= 0.6 is 11.6 Å². The molecule has 11 heteroatoms. The third kappa shape index (κ3) is 3.89. The largest absolute Gasteiger partial charge is 0.506 e. The van der Waals surface area contributed by atoms with Gasteiger partial charge in [-0.3, -0.25) is 9.59 Å². The van der Waals surface area contributed by atoms with E-state index >= 15 is 0 Å². The molecule has 1 unspecified atom stereocenters. The van der Waals surface area contributed by atoms with E-state index in [4.69, 9.17) is 16.7 Å². The van der Waals surface area contributed by atoms with Crippen LogP contribution in [0.3, 0.4) is 0 Å². The SMILES string of the molecule is CC1CS(=O)(=O)N(c2ccc(C(=O)Nc3cc(C(=O)O)ccc3O)c(Cl)c2)C1=O. The Kier molecular flexibility index (Phi) is 5.24. The summed E-state index contributed by atoms with van der Waals surface area (Å²) in [4.78, 5) is 35.7. The van der Waals surface area contributed by atoms with Crippen molar-refractivity contribution in [3.05, 3.63) is 52.5 Å². The molecule has 2 aromatic carbocycles. The summed E-state index contributed by atoms with van der Waals surface area (Å²) in [6.07, 6.45) is 0. The topological polar surface area (TPSA) is 141 Å². The Labute approximate surface area is 170 Å². The Hall–Kier alpha value is -3.11. The van der Waals surface area contributed by atoms with Crippen LogP contribution in [0, 0.1) is 5.92 Å². The summed E-state index contributed by atoms with van der Waals surface area (Å²) < 4.78 is 25.0. The number of hydrogen-bond donors (Lipinski definition) is 3. The van der Waals surface area contributed by atoms with E-state index in [2.05, 4.69) is 5.32 Å². The van der Waals surface area contributed by atoms with Gasteiger partial charge < -0.3 is 15.5 Å². The molecule has 152 valence electrons. The highest BCUT2D eigenvalue weighted by Gasteiger charge is 2.42. The van der Waals surface area contributed by atoms with Crippen molar-refractivity contribution in [2.24, 2.45) is 5.92 Å². The Morgan fingerprint density at radius 1 is 1.21 bits per heavy atom. The van der Waals surface area contributed by atoms with Crippen LogP contribution < -0.4 is 9.62 Å². The van der Waals surface area contributed by atoms with Gasteiger partial charge in [-0.15, -0.1) is 0 Å². The highest BCUT2D eigenvalue weighted by atomic mass is 35.5. The smallest absolute Gasteiger partial charge is 0.335 e. The summed E-state index contributed by atoms with van der Waals surface area (Å²) in [5, 5.41) is 21.1. The second-order valence-corrected chi connectivity index (χ2v) is 8.71. The lowest BCUT2D eigenvalue weighted by molar-refractivity contribution is -0.119. The molecule has 1 aliphatic heterocycles. The van der Waals surface area contributed by atoms with Crippen LogP contribution in [-0.4, -0.2) is 42.2 Å². The van der Waals surface area contributed by atoms with Crippen molar-refractivity contribution in [2.75, 3.05) is 15.4 Å². The van der Waals surface area contributed by atoms with Crippen LogP contribution in [0.2, 0.25) is 5.02 Å². The van der Waals surface area contributed by atoms with E-state index < -0.39 is 33.7 Å². The molecule has 1 saturated heterocycles. The number of aromatic carboxylic acids is 1. The van der Waals surface area contributed by atoms with Gasteiger partial charge in [0.2, 0.25) is 15.9 Å². The molecule has 29 heavy (non-hydrogen) atoms. The number of carboxylic acids is 1. The van der Waals surface area contributed by atoms with Crippen molar-refractivity contribution in [3.63, 3.8) is 0 Å². The number of halogens is 1. The molecule has 0 aliphatic carbocycles. The maximum Gasteiger partial charge on any atom is 0.335 e. The number of nitrogens with zero attached hydrogens (tertiary/aromatic N) is 1. The number of carbonyl (C=O) groups excluding carboxylic acids is 2. The average Bonchev–Trinajstić information content (AvgIpc) is 2.83. The lowest BCUT2D eigenvalue weighted by Crippen LogP contribution is -2.30. The van der Waals surface area contributed by atoms with Gasteiger partial charge in [0.15, 0.2) is 0 Å². The van der Waals surface area contributed by atoms with Crippen molar-refractivity contribution in [1.82, 2.24) is 0 Å². The second-order valence-electron chi connectivity index (χ2n) is 6.44.